The molecule has 0 radical (unpaired) electrons. The predicted octanol–water partition coefficient (Wildman–Crippen LogP) is 4.75. The summed E-state index contributed by atoms with van der Waals surface area (Å²) in [6.45, 7) is 0.893. The Balaban J connectivity index is 1.97. The van der Waals surface area contributed by atoms with E-state index in [4.69, 9.17) is 11.6 Å². The van der Waals surface area contributed by atoms with E-state index in [2.05, 4.69) is 43.3 Å². The Morgan fingerprint density at radius 2 is 1.64 bits per heavy atom. The number of nitrogens with zero attached hydrogens (tertiary/aromatic N) is 1. The Morgan fingerprint density at radius 3 is 2.28 bits per heavy atom. The molecule has 1 aliphatic rings. The van der Waals surface area contributed by atoms with Crippen LogP contribution in [0, 0.1) is 11.8 Å². The van der Waals surface area contributed by atoms with Crippen molar-refractivity contribution in [3.05, 3.63) is 70.7 Å². The Morgan fingerprint density at radius 1 is 1.00 bits per heavy atom. The van der Waals surface area contributed by atoms with Gasteiger partial charge in [-0.15, -0.1) is 0 Å². The molecule has 3 unspecified atom stereocenters. The zero-order chi connectivity index (χ0) is 17.9. The highest BCUT2D eigenvalue weighted by Crippen LogP contribution is 2.47. The third kappa shape index (κ3) is 4.08. The quantitative estimate of drug-likeness (QED) is 0.834. The molecule has 134 valence electrons. The highest BCUT2D eigenvalue weighted by molar-refractivity contribution is 6.30. The largest absolute Gasteiger partial charge is 0.385 e. The first-order valence-corrected chi connectivity index (χ1v) is 9.55. The first-order valence-electron chi connectivity index (χ1n) is 9.17. The summed E-state index contributed by atoms with van der Waals surface area (Å²) >= 11 is 6.09. The molecule has 1 saturated carbocycles. The third-order valence-electron chi connectivity index (χ3n) is 5.57. The Kier molecular flexibility index (Phi) is 5.83. The van der Waals surface area contributed by atoms with Gasteiger partial charge in [0.05, 0.1) is 5.60 Å². The smallest absolute Gasteiger partial charge is 0.0967 e. The van der Waals surface area contributed by atoms with Crippen LogP contribution >= 0.6 is 11.6 Å². The van der Waals surface area contributed by atoms with Crippen LogP contribution in [0.15, 0.2) is 54.6 Å². The molecule has 3 rings (SSSR count). The number of benzene rings is 2. The summed E-state index contributed by atoms with van der Waals surface area (Å²) in [5.74, 6) is 0.445. The van der Waals surface area contributed by atoms with Gasteiger partial charge in [0.15, 0.2) is 0 Å². The number of hydrogen-bond donors (Lipinski definition) is 1. The molecule has 0 aromatic heterocycles. The number of aliphatic hydroxyl groups is 1. The minimum Gasteiger partial charge on any atom is -0.385 e. The molecule has 1 N–H and O–H groups in total. The molecule has 1 fully saturated rings. The van der Waals surface area contributed by atoms with Crippen LogP contribution in [-0.4, -0.2) is 30.6 Å². The van der Waals surface area contributed by atoms with Gasteiger partial charge < -0.3 is 10.0 Å². The number of halogens is 1. The number of rotatable bonds is 5. The van der Waals surface area contributed by atoms with Crippen molar-refractivity contribution in [1.82, 2.24) is 4.90 Å². The lowest BCUT2D eigenvalue weighted by molar-refractivity contribution is -0.107. The first-order chi connectivity index (χ1) is 12.0. The Bertz CT molecular complexity index is 670. The summed E-state index contributed by atoms with van der Waals surface area (Å²) < 4.78 is 0. The van der Waals surface area contributed by atoms with Crippen molar-refractivity contribution in [1.29, 1.82) is 0 Å². The molecule has 0 bridgehead atoms. The summed E-state index contributed by atoms with van der Waals surface area (Å²) in [5, 5.41) is 12.7. The molecule has 0 aliphatic heterocycles. The minimum atomic E-state index is -0.817. The van der Waals surface area contributed by atoms with Crippen LogP contribution < -0.4 is 0 Å². The maximum Gasteiger partial charge on any atom is 0.0967 e. The second-order valence-corrected chi connectivity index (χ2v) is 8.05. The summed E-state index contributed by atoms with van der Waals surface area (Å²) in [6.07, 6.45) is 4.19. The second-order valence-electron chi connectivity index (χ2n) is 7.61. The average molecular weight is 358 g/mol. The molecule has 3 heteroatoms. The lowest BCUT2D eigenvalue weighted by Crippen LogP contribution is -2.49. The van der Waals surface area contributed by atoms with E-state index in [0.29, 0.717) is 5.02 Å². The molecule has 2 aromatic rings. The second kappa shape index (κ2) is 7.90. The third-order valence-corrected chi connectivity index (χ3v) is 5.82. The lowest BCUT2D eigenvalue weighted by Gasteiger charge is -2.47. The van der Waals surface area contributed by atoms with Crippen LogP contribution in [-0.2, 0) is 12.0 Å². The van der Waals surface area contributed by atoms with E-state index in [1.165, 1.54) is 12.0 Å². The molecule has 25 heavy (non-hydrogen) atoms. The van der Waals surface area contributed by atoms with Gasteiger partial charge >= 0.3 is 0 Å². The normalized spacial score (nSPS) is 26.8. The van der Waals surface area contributed by atoms with E-state index in [1.807, 2.05) is 30.3 Å². The molecule has 1 aliphatic carbocycles. The van der Waals surface area contributed by atoms with E-state index in [-0.39, 0.29) is 11.8 Å². The van der Waals surface area contributed by atoms with Gasteiger partial charge in [0.25, 0.3) is 0 Å². The van der Waals surface area contributed by atoms with Crippen LogP contribution in [0.2, 0.25) is 5.02 Å². The van der Waals surface area contributed by atoms with Crippen molar-refractivity contribution in [2.45, 2.75) is 31.3 Å². The fourth-order valence-electron chi connectivity index (χ4n) is 4.40. The highest BCUT2D eigenvalue weighted by Gasteiger charge is 2.47. The van der Waals surface area contributed by atoms with Gasteiger partial charge in [0, 0.05) is 17.5 Å². The van der Waals surface area contributed by atoms with Gasteiger partial charge in [-0.2, -0.15) is 0 Å². The molecule has 0 amide bonds. The van der Waals surface area contributed by atoms with E-state index < -0.39 is 5.60 Å². The maximum atomic E-state index is 12.0. The average Bonchev–Trinajstić information content (AvgIpc) is 2.60. The van der Waals surface area contributed by atoms with E-state index in [1.54, 1.807) is 0 Å². The Labute approximate surface area is 156 Å². The number of hydrogen-bond acceptors (Lipinski definition) is 2. The summed E-state index contributed by atoms with van der Waals surface area (Å²) in [6, 6.07) is 18.3. The van der Waals surface area contributed by atoms with E-state index in [9.17, 15) is 5.11 Å². The van der Waals surface area contributed by atoms with Crippen molar-refractivity contribution >= 4 is 11.6 Å². The molecule has 3 atom stereocenters. The van der Waals surface area contributed by atoms with Crippen molar-refractivity contribution in [3.63, 3.8) is 0 Å². The molecular formula is C22H28ClNO. The van der Waals surface area contributed by atoms with Crippen LogP contribution in [0.3, 0.4) is 0 Å². The van der Waals surface area contributed by atoms with Crippen LogP contribution in [0.4, 0.5) is 0 Å². The van der Waals surface area contributed by atoms with E-state index in [0.717, 1.165) is 31.4 Å². The fraction of sp³-hybridized carbons (Fsp3) is 0.455. The first kappa shape index (κ1) is 18.4. The lowest BCUT2D eigenvalue weighted by atomic mass is 9.63. The predicted molar refractivity (Wildman–Crippen MR) is 105 cm³/mol. The summed E-state index contributed by atoms with van der Waals surface area (Å²) in [5.41, 5.74) is 1.48. The summed E-state index contributed by atoms with van der Waals surface area (Å²) in [4.78, 5) is 2.19. The van der Waals surface area contributed by atoms with Gasteiger partial charge in [-0.05, 0) is 62.5 Å². The van der Waals surface area contributed by atoms with Gasteiger partial charge in [0.2, 0.25) is 0 Å². The zero-order valence-electron chi connectivity index (χ0n) is 15.2. The Hall–Kier alpha value is -1.35. The van der Waals surface area contributed by atoms with Crippen LogP contribution in [0.1, 0.15) is 30.4 Å². The molecule has 0 saturated heterocycles. The van der Waals surface area contributed by atoms with E-state index >= 15 is 0 Å². The molecule has 0 spiro atoms. The van der Waals surface area contributed by atoms with Crippen molar-refractivity contribution in [2.75, 3.05) is 20.6 Å². The van der Waals surface area contributed by atoms with Gasteiger partial charge in [-0.3, -0.25) is 0 Å². The zero-order valence-corrected chi connectivity index (χ0v) is 15.9. The van der Waals surface area contributed by atoms with Crippen molar-refractivity contribution < 1.29 is 5.11 Å². The standard InChI is InChI=1S/C22H28ClNO/c1-24(2)16-20-10-6-9-19(15-17-7-4-3-5-8-17)22(20,25)18-11-13-21(23)14-12-18/h3-5,7-8,11-14,19-20,25H,6,9-10,15-16H2,1-2H3. The SMILES string of the molecule is CN(C)CC1CCCC(Cc2ccccc2)C1(O)c1ccc(Cl)cc1. The molecule has 2 aromatic carbocycles. The van der Waals surface area contributed by atoms with Crippen molar-refractivity contribution in [3.8, 4) is 0 Å². The van der Waals surface area contributed by atoms with Crippen LogP contribution in [0.5, 0.6) is 0 Å². The van der Waals surface area contributed by atoms with Gasteiger partial charge in [0.1, 0.15) is 0 Å². The van der Waals surface area contributed by atoms with Crippen molar-refractivity contribution in [2.24, 2.45) is 11.8 Å². The topological polar surface area (TPSA) is 23.5 Å². The minimum absolute atomic E-state index is 0.217. The van der Waals surface area contributed by atoms with Gasteiger partial charge in [-0.1, -0.05) is 60.5 Å². The summed E-state index contributed by atoms with van der Waals surface area (Å²) in [7, 11) is 4.17. The highest BCUT2D eigenvalue weighted by atomic mass is 35.5. The molecule has 0 heterocycles. The van der Waals surface area contributed by atoms with Crippen LogP contribution in [0.25, 0.3) is 0 Å². The monoisotopic (exact) mass is 357 g/mol. The molecule has 2 nitrogen and oxygen atoms in total. The maximum absolute atomic E-state index is 12.0. The van der Waals surface area contributed by atoms with Gasteiger partial charge in [-0.25, -0.2) is 0 Å². The fourth-order valence-corrected chi connectivity index (χ4v) is 4.53. The molecular weight excluding hydrogens is 330 g/mol.